The predicted octanol–water partition coefficient (Wildman–Crippen LogP) is -0.754. The molecule has 2 aliphatic rings. The summed E-state index contributed by atoms with van der Waals surface area (Å²) >= 11 is 1.43. The molecule has 1 aromatic rings. The third-order valence-electron chi connectivity index (χ3n) is 13.1. The van der Waals surface area contributed by atoms with Crippen LogP contribution in [-0.4, -0.2) is 171 Å². The molecule has 0 bridgehead atoms. The number of carbonyl (C=O) groups is 11. The number of carboxylic acids is 2. The van der Waals surface area contributed by atoms with Gasteiger partial charge < -0.3 is 69.1 Å². The monoisotopic (exact) mass is 1090 g/mol. The Hall–Kier alpha value is -6.34. The molecular formula is C51H81N11O13S. The fourth-order valence-electron chi connectivity index (χ4n) is 9.15. The van der Waals surface area contributed by atoms with Gasteiger partial charge >= 0.3 is 11.9 Å². The highest BCUT2D eigenvalue weighted by atomic mass is 32.2. The minimum atomic E-state index is -1.62. The number of carbonyl (C=O) groups excluding carboxylic acids is 9. The molecule has 0 aromatic heterocycles. The minimum Gasteiger partial charge on any atom is -0.481 e. The lowest BCUT2D eigenvalue weighted by Gasteiger charge is -2.34. The Balaban J connectivity index is 1.91. The van der Waals surface area contributed by atoms with Crippen molar-refractivity contribution in [2.45, 2.75) is 172 Å². The minimum absolute atomic E-state index is 0.0268. The van der Waals surface area contributed by atoms with Crippen LogP contribution in [0, 0.1) is 11.8 Å². The Labute approximate surface area is 448 Å². The zero-order valence-corrected chi connectivity index (χ0v) is 45.2. The fourth-order valence-corrected chi connectivity index (χ4v) is 9.64. The van der Waals surface area contributed by atoms with Crippen LogP contribution < -0.4 is 49.1 Å². The zero-order chi connectivity index (χ0) is 56.6. The maximum absolute atomic E-state index is 14.6. The van der Waals surface area contributed by atoms with Crippen molar-refractivity contribution in [2.24, 2.45) is 29.0 Å². The number of rotatable bonds is 33. The summed E-state index contributed by atoms with van der Waals surface area (Å²) in [7, 11) is 0. The third kappa shape index (κ3) is 21.0. The first-order valence-corrected chi connectivity index (χ1v) is 27.5. The molecule has 9 atom stereocenters. The molecule has 2 fully saturated rings. The van der Waals surface area contributed by atoms with Crippen LogP contribution in [0.2, 0.25) is 0 Å². The normalized spacial score (nSPS) is 18.1. The Morgan fingerprint density at radius 2 is 1.17 bits per heavy atom. The van der Waals surface area contributed by atoms with Crippen LogP contribution in [0.5, 0.6) is 0 Å². The number of amides is 9. The Morgan fingerprint density at radius 1 is 0.645 bits per heavy atom. The lowest BCUT2D eigenvalue weighted by atomic mass is 9.99. The molecule has 0 unspecified atom stereocenters. The smallest absolute Gasteiger partial charge is 0.326 e. The number of nitrogens with one attached hydrogen (secondary N) is 6. The lowest BCUT2D eigenvalue weighted by Crippen LogP contribution is -2.60. The molecule has 14 N–H and O–H groups in total. The summed E-state index contributed by atoms with van der Waals surface area (Å²) in [6.45, 7) is 7.98. The molecule has 2 heterocycles. The zero-order valence-electron chi connectivity index (χ0n) is 44.4. The maximum Gasteiger partial charge on any atom is 0.326 e. The number of nitrogens with two attached hydrogens (primary N) is 3. The molecule has 9 amide bonds. The van der Waals surface area contributed by atoms with E-state index in [1.807, 2.05) is 34.0 Å². The fraction of sp³-hybridized carbons (Fsp3) is 0.667. The van der Waals surface area contributed by atoms with E-state index in [4.69, 9.17) is 17.2 Å². The number of hydrogen-bond acceptors (Lipinski definition) is 14. The first-order valence-electron chi connectivity index (χ1n) is 26.1. The number of benzene rings is 1. The molecule has 0 aliphatic carbocycles. The number of nitrogens with zero attached hydrogens (tertiary/aromatic N) is 2. The maximum atomic E-state index is 14.6. The molecule has 424 valence electrons. The summed E-state index contributed by atoms with van der Waals surface area (Å²) in [6, 6.07) is -2.60. The highest BCUT2D eigenvalue weighted by Gasteiger charge is 2.45. The molecule has 1 aromatic carbocycles. The number of likely N-dealkylation sites (tertiary alicyclic amines) is 2. The molecule has 24 nitrogen and oxygen atoms in total. The third-order valence-corrected chi connectivity index (χ3v) is 13.7. The SMILES string of the molecule is CSCC[C@H](N)C(=O)N[C@@H](CC(N)=O)C(=O)N[C@@H](CCC(=O)O)C(=O)N[C@@H](CCCCN)C(=O)N[C@@H](Cc1ccccc1)C(=O)N[C@@H](CC(C)C)C(=O)N1CCC[C@H]1C(=O)N1CCC[C@H]1C(=O)N[C@@H](CC(C)C)C(=O)O. The van der Waals surface area contributed by atoms with Crippen LogP contribution in [0.1, 0.15) is 117 Å². The van der Waals surface area contributed by atoms with Gasteiger partial charge in [-0.2, -0.15) is 11.8 Å². The molecule has 2 aliphatic heterocycles. The largest absolute Gasteiger partial charge is 0.481 e. The highest BCUT2D eigenvalue weighted by molar-refractivity contribution is 7.98. The number of aliphatic carboxylic acids is 2. The van der Waals surface area contributed by atoms with Crippen molar-refractivity contribution >= 4 is 76.9 Å². The average molecular weight is 1090 g/mol. The van der Waals surface area contributed by atoms with E-state index in [1.54, 1.807) is 30.3 Å². The van der Waals surface area contributed by atoms with E-state index >= 15 is 0 Å². The number of unbranched alkanes of at least 4 members (excludes halogenated alkanes) is 1. The Kier molecular flexibility index (Phi) is 27.2. The molecular weight excluding hydrogens is 1010 g/mol. The summed E-state index contributed by atoms with van der Waals surface area (Å²) in [6.07, 6.45) is 2.69. The van der Waals surface area contributed by atoms with Gasteiger partial charge in [0.05, 0.1) is 12.5 Å². The van der Waals surface area contributed by atoms with Gasteiger partial charge in [-0.05, 0) is 107 Å². The number of carboxylic acid groups (broad SMARTS) is 2. The topological polar surface area (TPSA) is 385 Å². The molecule has 76 heavy (non-hydrogen) atoms. The van der Waals surface area contributed by atoms with Gasteiger partial charge in [-0.1, -0.05) is 58.0 Å². The summed E-state index contributed by atoms with van der Waals surface area (Å²) in [5.41, 5.74) is 17.7. The van der Waals surface area contributed by atoms with E-state index in [-0.39, 0.29) is 70.0 Å². The van der Waals surface area contributed by atoms with Gasteiger partial charge in [0.2, 0.25) is 53.2 Å². The van der Waals surface area contributed by atoms with Crippen LogP contribution >= 0.6 is 11.8 Å². The van der Waals surface area contributed by atoms with Gasteiger partial charge in [-0.3, -0.25) is 47.9 Å². The Morgan fingerprint density at radius 3 is 1.74 bits per heavy atom. The molecule has 0 radical (unpaired) electrons. The summed E-state index contributed by atoms with van der Waals surface area (Å²) < 4.78 is 0. The van der Waals surface area contributed by atoms with Gasteiger partial charge in [0, 0.05) is 25.9 Å². The van der Waals surface area contributed by atoms with E-state index in [0.29, 0.717) is 43.4 Å². The van der Waals surface area contributed by atoms with Gasteiger partial charge in [0.15, 0.2) is 0 Å². The second-order valence-corrected chi connectivity index (χ2v) is 21.3. The lowest BCUT2D eigenvalue weighted by molar-refractivity contribution is -0.149. The van der Waals surface area contributed by atoms with Crippen LogP contribution in [-0.2, 0) is 59.2 Å². The predicted molar refractivity (Wildman–Crippen MR) is 282 cm³/mol. The van der Waals surface area contributed by atoms with Crippen molar-refractivity contribution in [3.8, 4) is 0 Å². The first-order chi connectivity index (χ1) is 36.0. The number of thioether (sulfide) groups is 1. The highest BCUT2D eigenvalue weighted by Crippen LogP contribution is 2.27. The van der Waals surface area contributed by atoms with Crippen LogP contribution in [0.25, 0.3) is 0 Å². The van der Waals surface area contributed by atoms with Crippen molar-refractivity contribution in [1.29, 1.82) is 0 Å². The van der Waals surface area contributed by atoms with Crippen LogP contribution in [0.3, 0.4) is 0 Å². The van der Waals surface area contributed by atoms with E-state index in [2.05, 4.69) is 31.9 Å². The van der Waals surface area contributed by atoms with Crippen molar-refractivity contribution in [1.82, 2.24) is 41.7 Å². The second-order valence-electron chi connectivity index (χ2n) is 20.3. The average Bonchev–Trinajstić information content (AvgIpc) is 4.06. The van der Waals surface area contributed by atoms with Crippen molar-refractivity contribution in [3.63, 3.8) is 0 Å². The summed E-state index contributed by atoms with van der Waals surface area (Å²) in [5, 5.41) is 34.9. The molecule has 2 saturated heterocycles. The Bertz CT molecular complexity index is 2170. The first kappa shape index (κ1) is 63.9. The summed E-state index contributed by atoms with van der Waals surface area (Å²) in [5.74, 6) is -9.19. The standard InChI is InChI=1S/C51H81N11O13S/c1-29(2)25-37(49(72)62-23-12-17-40(62)50(73)61-22-11-16-39(61)48(71)60-38(51(74)75)26-30(3)4)59-46(69)35(27-31-13-7-6-8-14-31)58-44(67)33(15-9-10-21-52)55-45(68)34(18-19-42(64)65)56-47(70)36(28-41(54)63)57-43(66)32(53)20-24-76-5/h6-8,13-14,29-30,32-40H,9-12,15-28,52-53H2,1-5H3,(H2,54,63)(H,55,68)(H,56,70)(H,57,66)(H,58,67)(H,59,69)(H,60,71)(H,64,65)(H,74,75)/t32-,33-,34-,35-,36-,37-,38-,39-,40-/m0/s1. The molecule has 0 spiro atoms. The van der Waals surface area contributed by atoms with Crippen molar-refractivity contribution in [3.05, 3.63) is 35.9 Å². The van der Waals surface area contributed by atoms with E-state index in [9.17, 15) is 63.0 Å². The molecule has 0 saturated carbocycles. The van der Waals surface area contributed by atoms with Gasteiger partial charge in [-0.25, -0.2) is 4.79 Å². The van der Waals surface area contributed by atoms with Gasteiger partial charge in [0.1, 0.15) is 48.3 Å². The summed E-state index contributed by atoms with van der Waals surface area (Å²) in [4.78, 5) is 151. The van der Waals surface area contributed by atoms with Crippen molar-refractivity contribution in [2.75, 3.05) is 31.6 Å². The van der Waals surface area contributed by atoms with Crippen molar-refractivity contribution < 1.29 is 63.0 Å². The van der Waals surface area contributed by atoms with E-state index in [1.165, 1.54) is 21.6 Å². The van der Waals surface area contributed by atoms with Crippen LogP contribution in [0.15, 0.2) is 30.3 Å². The molecule has 25 heteroatoms. The van der Waals surface area contributed by atoms with Gasteiger partial charge in [0.25, 0.3) is 0 Å². The quantitative estimate of drug-likeness (QED) is 0.0386. The van der Waals surface area contributed by atoms with E-state index in [0.717, 1.165) is 0 Å². The second kappa shape index (κ2) is 32.3. The van der Waals surface area contributed by atoms with E-state index < -0.39 is 139 Å². The number of hydrogen-bond donors (Lipinski definition) is 11. The number of primary amides is 1. The van der Waals surface area contributed by atoms with Gasteiger partial charge in [-0.15, -0.1) is 0 Å². The van der Waals surface area contributed by atoms with Crippen LogP contribution in [0.4, 0.5) is 0 Å². The molecule has 3 rings (SSSR count).